The van der Waals surface area contributed by atoms with Gasteiger partial charge < -0.3 is 4.74 Å². The molecule has 1 atom stereocenters. The second-order valence-electron chi connectivity index (χ2n) is 4.25. The molecule has 0 heterocycles. The van der Waals surface area contributed by atoms with Crippen molar-refractivity contribution in [2.24, 2.45) is 0 Å². The Kier molecular flexibility index (Phi) is 3.09. The van der Waals surface area contributed by atoms with Crippen molar-refractivity contribution in [3.63, 3.8) is 0 Å². The van der Waals surface area contributed by atoms with Gasteiger partial charge in [0, 0.05) is 6.08 Å². The molecule has 0 saturated carbocycles. The lowest BCUT2D eigenvalue weighted by Crippen LogP contribution is -1.93. The Labute approximate surface area is 95.9 Å². The lowest BCUT2D eigenvalue weighted by Gasteiger charge is -2.05. The van der Waals surface area contributed by atoms with E-state index in [9.17, 15) is 4.79 Å². The van der Waals surface area contributed by atoms with Crippen LogP contribution >= 0.6 is 0 Å². The zero-order valence-electron chi connectivity index (χ0n) is 9.69. The summed E-state index contributed by atoms with van der Waals surface area (Å²) >= 11 is 0. The van der Waals surface area contributed by atoms with Crippen LogP contribution in [0.5, 0.6) is 0 Å². The maximum absolute atomic E-state index is 11.0. The second-order valence-corrected chi connectivity index (χ2v) is 4.25. The van der Waals surface area contributed by atoms with E-state index in [1.807, 2.05) is 0 Å². The average molecular weight is 216 g/mol. The molecule has 1 aromatic rings. The first-order valence-corrected chi connectivity index (χ1v) is 5.59. The van der Waals surface area contributed by atoms with E-state index >= 15 is 0 Å². The van der Waals surface area contributed by atoms with Gasteiger partial charge in [0.1, 0.15) is 0 Å². The number of aryl methyl sites for hydroxylation is 1. The highest BCUT2D eigenvalue weighted by atomic mass is 16.5. The zero-order chi connectivity index (χ0) is 11.5. The molecule has 2 rings (SSSR count). The van der Waals surface area contributed by atoms with Crippen molar-refractivity contribution < 1.29 is 9.53 Å². The molecule has 0 aliphatic heterocycles. The first kappa shape index (κ1) is 10.9. The Balaban J connectivity index is 2.21. The van der Waals surface area contributed by atoms with Gasteiger partial charge in [-0.15, -0.1) is 0 Å². The number of benzene rings is 1. The van der Waals surface area contributed by atoms with Crippen LogP contribution in [0.2, 0.25) is 0 Å². The first-order chi connectivity index (χ1) is 7.70. The van der Waals surface area contributed by atoms with E-state index in [2.05, 4.69) is 29.9 Å². The van der Waals surface area contributed by atoms with Crippen LogP contribution < -0.4 is 0 Å². The quantitative estimate of drug-likeness (QED) is 0.561. The summed E-state index contributed by atoms with van der Waals surface area (Å²) in [5.74, 6) is 0.329. The Bertz CT molecular complexity index is 432. The summed E-state index contributed by atoms with van der Waals surface area (Å²) in [6.07, 6.45) is 5.68. The number of rotatable bonds is 2. The maximum atomic E-state index is 11.0. The molecule has 0 aromatic heterocycles. The minimum absolute atomic E-state index is 0.312. The van der Waals surface area contributed by atoms with Gasteiger partial charge >= 0.3 is 5.97 Å². The molecule has 2 nitrogen and oxygen atoms in total. The molecule has 0 amide bonds. The number of hydrogen-bond acceptors (Lipinski definition) is 2. The summed E-state index contributed by atoms with van der Waals surface area (Å²) in [7, 11) is 1.39. The normalized spacial score (nSPS) is 18.8. The van der Waals surface area contributed by atoms with Crippen LogP contribution in [0.25, 0.3) is 6.08 Å². The Morgan fingerprint density at radius 2 is 2.31 bits per heavy atom. The van der Waals surface area contributed by atoms with Gasteiger partial charge in [0.15, 0.2) is 0 Å². The molecule has 0 saturated heterocycles. The molecule has 0 N–H and O–H groups in total. The summed E-state index contributed by atoms with van der Waals surface area (Å²) in [4.78, 5) is 11.0. The highest BCUT2D eigenvalue weighted by Gasteiger charge is 2.17. The molecule has 1 aromatic carbocycles. The number of carbonyl (C=O) groups excluding carboxylic acids is 1. The predicted octanol–water partition coefficient (Wildman–Crippen LogP) is 2.92. The molecule has 16 heavy (non-hydrogen) atoms. The van der Waals surface area contributed by atoms with Gasteiger partial charge in [-0.1, -0.05) is 25.1 Å². The van der Waals surface area contributed by atoms with Crippen LogP contribution in [0.1, 0.15) is 36.0 Å². The number of esters is 1. The van der Waals surface area contributed by atoms with E-state index in [1.54, 1.807) is 6.08 Å². The van der Waals surface area contributed by atoms with Gasteiger partial charge in [0.2, 0.25) is 0 Å². The lowest BCUT2D eigenvalue weighted by atomic mass is 10.0. The van der Waals surface area contributed by atoms with Gasteiger partial charge in [-0.05, 0) is 41.5 Å². The summed E-state index contributed by atoms with van der Waals surface area (Å²) in [6, 6.07) is 6.39. The summed E-state index contributed by atoms with van der Waals surface area (Å²) in [5.41, 5.74) is 3.94. The van der Waals surface area contributed by atoms with E-state index in [4.69, 9.17) is 0 Å². The maximum Gasteiger partial charge on any atom is 0.330 e. The fourth-order valence-corrected chi connectivity index (χ4v) is 2.16. The van der Waals surface area contributed by atoms with Gasteiger partial charge in [0.05, 0.1) is 7.11 Å². The third-order valence-corrected chi connectivity index (χ3v) is 3.16. The van der Waals surface area contributed by atoms with Crippen LogP contribution in [-0.4, -0.2) is 13.1 Å². The van der Waals surface area contributed by atoms with Gasteiger partial charge in [0.25, 0.3) is 0 Å². The lowest BCUT2D eigenvalue weighted by molar-refractivity contribution is -0.134. The number of methoxy groups -OCH3 is 1. The summed E-state index contributed by atoms with van der Waals surface area (Å²) in [5, 5.41) is 0. The molecular formula is C14H16O2. The molecular weight excluding hydrogens is 200 g/mol. The molecule has 1 aliphatic rings. The third kappa shape index (κ3) is 2.16. The van der Waals surface area contributed by atoms with Crippen molar-refractivity contribution in [1.29, 1.82) is 0 Å². The van der Waals surface area contributed by atoms with Crippen molar-refractivity contribution in [3.05, 3.63) is 41.0 Å². The van der Waals surface area contributed by atoms with Crippen LogP contribution in [-0.2, 0) is 16.0 Å². The highest BCUT2D eigenvalue weighted by Crippen LogP contribution is 2.33. The predicted molar refractivity (Wildman–Crippen MR) is 64.2 cm³/mol. The van der Waals surface area contributed by atoms with E-state index in [-0.39, 0.29) is 5.97 Å². The van der Waals surface area contributed by atoms with Crippen LogP contribution in [0.4, 0.5) is 0 Å². The highest BCUT2D eigenvalue weighted by molar-refractivity contribution is 5.86. The van der Waals surface area contributed by atoms with Gasteiger partial charge in [-0.3, -0.25) is 0 Å². The SMILES string of the molecule is COC(=O)/C=C/c1ccc2c(c1)C(C)CC2. The average Bonchev–Trinajstić information content (AvgIpc) is 2.68. The van der Waals surface area contributed by atoms with Crippen LogP contribution in [0, 0.1) is 0 Å². The fourth-order valence-electron chi connectivity index (χ4n) is 2.16. The van der Waals surface area contributed by atoms with E-state index in [0.717, 1.165) is 5.56 Å². The van der Waals surface area contributed by atoms with E-state index in [0.29, 0.717) is 5.92 Å². The van der Waals surface area contributed by atoms with Crippen molar-refractivity contribution in [2.45, 2.75) is 25.7 Å². The van der Waals surface area contributed by atoms with Gasteiger partial charge in [-0.25, -0.2) is 4.79 Å². The standard InChI is InChI=1S/C14H16O2/c1-10-3-6-12-7-4-11(9-13(10)12)5-8-14(15)16-2/h4-5,7-10H,3,6H2,1-2H3/b8-5+. The van der Waals surface area contributed by atoms with Crippen molar-refractivity contribution in [1.82, 2.24) is 0 Å². The Hall–Kier alpha value is -1.57. The van der Waals surface area contributed by atoms with Crippen LogP contribution in [0.15, 0.2) is 24.3 Å². The molecule has 1 aliphatic carbocycles. The minimum Gasteiger partial charge on any atom is -0.466 e. The molecule has 84 valence electrons. The molecule has 0 radical (unpaired) electrons. The molecule has 2 heteroatoms. The summed E-state index contributed by atoms with van der Waals surface area (Å²) < 4.78 is 4.56. The zero-order valence-corrected chi connectivity index (χ0v) is 9.69. The number of ether oxygens (including phenoxy) is 1. The van der Waals surface area contributed by atoms with E-state index < -0.39 is 0 Å². The van der Waals surface area contributed by atoms with E-state index in [1.165, 1.54) is 37.2 Å². The second kappa shape index (κ2) is 4.52. The molecule has 1 unspecified atom stereocenters. The summed E-state index contributed by atoms with van der Waals surface area (Å²) in [6.45, 7) is 2.25. The first-order valence-electron chi connectivity index (χ1n) is 5.59. The van der Waals surface area contributed by atoms with Crippen LogP contribution in [0.3, 0.4) is 0 Å². The van der Waals surface area contributed by atoms with Gasteiger partial charge in [-0.2, -0.15) is 0 Å². The molecule has 0 spiro atoms. The fraction of sp³-hybridized carbons (Fsp3) is 0.357. The monoisotopic (exact) mass is 216 g/mol. The number of carbonyl (C=O) groups is 1. The molecule has 0 bridgehead atoms. The van der Waals surface area contributed by atoms with Crippen molar-refractivity contribution >= 4 is 12.0 Å². The van der Waals surface area contributed by atoms with Crippen molar-refractivity contribution in [3.8, 4) is 0 Å². The topological polar surface area (TPSA) is 26.3 Å². The molecule has 0 fully saturated rings. The Morgan fingerprint density at radius 3 is 3.06 bits per heavy atom. The minimum atomic E-state index is -0.312. The number of hydrogen-bond donors (Lipinski definition) is 0. The van der Waals surface area contributed by atoms with Crippen molar-refractivity contribution in [2.75, 3.05) is 7.11 Å². The largest absolute Gasteiger partial charge is 0.466 e. The Morgan fingerprint density at radius 1 is 1.50 bits per heavy atom. The third-order valence-electron chi connectivity index (χ3n) is 3.16. The number of fused-ring (bicyclic) bond motifs is 1. The smallest absolute Gasteiger partial charge is 0.330 e.